The molecule has 0 unspecified atom stereocenters. The summed E-state index contributed by atoms with van der Waals surface area (Å²) in [5.74, 6) is 0. The van der Waals surface area contributed by atoms with Crippen molar-refractivity contribution in [1.82, 2.24) is 10.2 Å². The van der Waals surface area contributed by atoms with Gasteiger partial charge in [-0.25, -0.2) is 0 Å². The third-order valence-electron chi connectivity index (χ3n) is 2.35. The Kier molecular flexibility index (Phi) is 11.8. The second-order valence-corrected chi connectivity index (χ2v) is 3.38. The van der Waals surface area contributed by atoms with Crippen molar-refractivity contribution in [2.24, 2.45) is 0 Å². The van der Waals surface area contributed by atoms with Crippen LogP contribution in [0.4, 0.5) is 0 Å². The molecule has 0 bridgehead atoms. The fraction of sp³-hybridized carbons (Fsp3) is 1.00. The number of nitrogens with one attached hydrogen (secondary N) is 1. The van der Waals surface area contributed by atoms with E-state index in [1.807, 2.05) is 0 Å². The molecule has 1 N–H and O–H groups in total. The lowest BCUT2D eigenvalue weighted by Crippen LogP contribution is -2.33. The van der Waals surface area contributed by atoms with Crippen LogP contribution in [0.25, 0.3) is 0 Å². The molecule has 0 fully saturated rings. The molecule has 0 aliphatic rings. The highest BCUT2D eigenvalue weighted by molar-refractivity contribution is 4.55. The monoisotopic (exact) mass is 218 g/mol. The van der Waals surface area contributed by atoms with Crippen LogP contribution in [-0.4, -0.2) is 64.6 Å². The Morgan fingerprint density at radius 1 is 1.00 bits per heavy atom. The van der Waals surface area contributed by atoms with Crippen LogP contribution >= 0.6 is 0 Å². The van der Waals surface area contributed by atoms with Crippen LogP contribution < -0.4 is 5.32 Å². The molecular weight excluding hydrogens is 192 g/mol. The zero-order chi connectivity index (χ0) is 11.4. The number of ether oxygens (including phenoxy) is 2. The first-order valence-corrected chi connectivity index (χ1v) is 5.84. The molecule has 0 atom stereocenters. The van der Waals surface area contributed by atoms with Gasteiger partial charge in [0.05, 0.1) is 19.8 Å². The van der Waals surface area contributed by atoms with E-state index >= 15 is 0 Å². The zero-order valence-electron chi connectivity index (χ0n) is 10.4. The standard InChI is InChI=1S/C11H26N2O2/c1-4-13(5-2)8-6-12-7-9-15-11-10-14-3/h12H,4-11H2,1-3H3. The molecule has 0 radical (unpaired) electrons. The first-order chi connectivity index (χ1) is 7.35. The van der Waals surface area contributed by atoms with E-state index in [1.165, 1.54) is 0 Å². The topological polar surface area (TPSA) is 33.7 Å². The van der Waals surface area contributed by atoms with Crippen LogP contribution in [0.3, 0.4) is 0 Å². The Bertz CT molecular complexity index is 119. The number of hydrogen-bond acceptors (Lipinski definition) is 4. The molecule has 0 heterocycles. The van der Waals surface area contributed by atoms with E-state index in [0.717, 1.165) is 39.3 Å². The van der Waals surface area contributed by atoms with Crippen molar-refractivity contribution in [2.75, 3.05) is 59.7 Å². The second-order valence-electron chi connectivity index (χ2n) is 3.38. The predicted molar refractivity (Wildman–Crippen MR) is 63.4 cm³/mol. The van der Waals surface area contributed by atoms with Crippen molar-refractivity contribution in [2.45, 2.75) is 13.8 Å². The Balaban J connectivity index is 3.04. The fourth-order valence-electron chi connectivity index (χ4n) is 1.29. The molecule has 15 heavy (non-hydrogen) atoms. The summed E-state index contributed by atoms with van der Waals surface area (Å²) in [6.45, 7) is 11.8. The number of nitrogens with zero attached hydrogens (tertiary/aromatic N) is 1. The lowest BCUT2D eigenvalue weighted by Gasteiger charge is -2.17. The molecule has 0 spiro atoms. The molecule has 0 aromatic carbocycles. The van der Waals surface area contributed by atoms with Crippen LogP contribution in [0.1, 0.15) is 13.8 Å². The van der Waals surface area contributed by atoms with Gasteiger partial charge in [0.1, 0.15) is 0 Å². The largest absolute Gasteiger partial charge is 0.382 e. The van der Waals surface area contributed by atoms with E-state index in [2.05, 4.69) is 24.1 Å². The molecule has 0 saturated heterocycles. The SMILES string of the molecule is CCN(CC)CCNCCOCCOC. The van der Waals surface area contributed by atoms with Crippen molar-refractivity contribution >= 4 is 0 Å². The number of hydrogen-bond donors (Lipinski definition) is 1. The lowest BCUT2D eigenvalue weighted by molar-refractivity contribution is 0.0718. The summed E-state index contributed by atoms with van der Waals surface area (Å²) >= 11 is 0. The van der Waals surface area contributed by atoms with Gasteiger partial charge < -0.3 is 19.7 Å². The van der Waals surface area contributed by atoms with Crippen molar-refractivity contribution in [3.05, 3.63) is 0 Å². The molecule has 0 aliphatic carbocycles. The van der Waals surface area contributed by atoms with E-state index in [0.29, 0.717) is 13.2 Å². The molecule has 0 rings (SSSR count). The molecule has 0 amide bonds. The summed E-state index contributed by atoms with van der Waals surface area (Å²) in [5.41, 5.74) is 0. The summed E-state index contributed by atoms with van der Waals surface area (Å²) < 4.78 is 10.2. The van der Waals surface area contributed by atoms with Crippen LogP contribution in [0, 0.1) is 0 Å². The average molecular weight is 218 g/mol. The first-order valence-electron chi connectivity index (χ1n) is 5.84. The van der Waals surface area contributed by atoms with E-state index in [9.17, 15) is 0 Å². The van der Waals surface area contributed by atoms with Crippen molar-refractivity contribution in [3.8, 4) is 0 Å². The first kappa shape index (κ1) is 14.8. The Hall–Kier alpha value is -0.160. The molecule has 0 saturated carbocycles. The van der Waals surface area contributed by atoms with Gasteiger partial charge >= 0.3 is 0 Å². The van der Waals surface area contributed by atoms with Crippen LogP contribution in [0.15, 0.2) is 0 Å². The summed E-state index contributed by atoms with van der Waals surface area (Å²) in [4.78, 5) is 2.40. The Labute approximate surface area is 93.9 Å². The van der Waals surface area contributed by atoms with Crippen LogP contribution in [-0.2, 0) is 9.47 Å². The van der Waals surface area contributed by atoms with Crippen molar-refractivity contribution in [1.29, 1.82) is 0 Å². The van der Waals surface area contributed by atoms with Gasteiger partial charge in [-0.1, -0.05) is 13.8 Å². The minimum atomic E-state index is 0.680. The van der Waals surface area contributed by atoms with Gasteiger partial charge in [-0.05, 0) is 13.1 Å². The molecule has 0 aromatic heterocycles. The second kappa shape index (κ2) is 11.9. The van der Waals surface area contributed by atoms with Crippen molar-refractivity contribution < 1.29 is 9.47 Å². The van der Waals surface area contributed by atoms with E-state index in [4.69, 9.17) is 9.47 Å². The van der Waals surface area contributed by atoms with Gasteiger partial charge in [0, 0.05) is 26.7 Å². The Morgan fingerprint density at radius 2 is 1.73 bits per heavy atom. The van der Waals surface area contributed by atoms with Crippen molar-refractivity contribution in [3.63, 3.8) is 0 Å². The van der Waals surface area contributed by atoms with Gasteiger partial charge in [-0.2, -0.15) is 0 Å². The molecular formula is C11H26N2O2. The van der Waals surface area contributed by atoms with E-state index in [1.54, 1.807) is 7.11 Å². The maximum Gasteiger partial charge on any atom is 0.0700 e. The molecule has 0 aromatic rings. The highest BCUT2D eigenvalue weighted by Crippen LogP contribution is 1.83. The molecule has 0 aliphatic heterocycles. The average Bonchev–Trinajstić information content (AvgIpc) is 2.27. The summed E-state index contributed by atoms with van der Waals surface area (Å²) in [6, 6.07) is 0. The number of likely N-dealkylation sites (N-methyl/N-ethyl adjacent to an activating group) is 1. The zero-order valence-corrected chi connectivity index (χ0v) is 10.4. The third-order valence-corrected chi connectivity index (χ3v) is 2.35. The molecule has 4 nitrogen and oxygen atoms in total. The predicted octanol–water partition coefficient (Wildman–Crippen LogP) is 0.581. The normalized spacial score (nSPS) is 11.2. The summed E-state index contributed by atoms with van der Waals surface area (Å²) in [6.07, 6.45) is 0. The summed E-state index contributed by atoms with van der Waals surface area (Å²) in [5, 5.41) is 3.35. The molecule has 92 valence electrons. The van der Waals surface area contributed by atoms with Gasteiger partial charge in [0.2, 0.25) is 0 Å². The smallest absolute Gasteiger partial charge is 0.0700 e. The fourth-order valence-corrected chi connectivity index (χ4v) is 1.29. The van der Waals surface area contributed by atoms with Gasteiger partial charge in [-0.15, -0.1) is 0 Å². The quantitative estimate of drug-likeness (QED) is 0.514. The number of methoxy groups -OCH3 is 1. The minimum Gasteiger partial charge on any atom is -0.382 e. The lowest BCUT2D eigenvalue weighted by atomic mass is 10.4. The van der Waals surface area contributed by atoms with E-state index in [-0.39, 0.29) is 0 Å². The third kappa shape index (κ3) is 10.1. The number of rotatable bonds is 11. The van der Waals surface area contributed by atoms with Gasteiger partial charge in [0.15, 0.2) is 0 Å². The Morgan fingerprint density at radius 3 is 2.33 bits per heavy atom. The maximum atomic E-state index is 5.33. The van der Waals surface area contributed by atoms with Crippen LogP contribution in [0.5, 0.6) is 0 Å². The highest BCUT2D eigenvalue weighted by atomic mass is 16.5. The van der Waals surface area contributed by atoms with Gasteiger partial charge in [-0.3, -0.25) is 0 Å². The minimum absolute atomic E-state index is 0.680. The summed E-state index contributed by atoms with van der Waals surface area (Å²) in [7, 11) is 1.69. The highest BCUT2D eigenvalue weighted by Gasteiger charge is 1.96. The van der Waals surface area contributed by atoms with Gasteiger partial charge in [0.25, 0.3) is 0 Å². The van der Waals surface area contributed by atoms with Crippen LogP contribution in [0.2, 0.25) is 0 Å². The molecule has 4 heteroatoms. The van der Waals surface area contributed by atoms with E-state index < -0.39 is 0 Å². The maximum absolute atomic E-state index is 5.33.